The Hall–Kier alpha value is -1.62. The number of hydrogen-bond acceptors (Lipinski definition) is 3. The number of pyridine rings is 1. The lowest BCUT2D eigenvalue weighted by Gasteiger charge is -2.38. The summed E-state index contributed by atoms with van der Waals surface area (Å²) in [4.78, 5) is 29.5. The van der Waals surface area contributed by atoms with Crippen LogP contribution in [-0.2, 0) is 4.79 Å². The van der Waals surface area contributed by atoms with Crippen LogP contribution in [0.3, 0.4) is 0 Å². The van der Waals surface area contributed by atoms with Gasteiger partial charge in [-0.25, -0.2) is 4.98 Å². The number of halogens is 1. The van der Waals surface area contributed by atoms with Crippen molar-refractivity contribution in [2.45, 2.75) is 44.2 Å². The molecular weight excluding hydrogens is 292 g/mol. The van der Waals surface area contributed by atoms with Crippen LogP contribution < -0.4 is 0 Å². The molecule has 1 amide bonds. The van der Waals surface area contributed by atoms with Gasteiger partial charge in [0.25, 0.3) is 5.91 Å². The Morgan fingerprint density at radius 1 is 1.29 bits per heavy atom. The van der Waals surface area contributed by atoms with Gasteiger partial charge >= 0.3 is 5.97 Å². The van der Waals surface area contributed by atoms with Gasteiger partial charge in [-0.05, 0) is 43.7 Å². The summed E-state index contributed by atoms with van der Waals surface area (Å²) in [7, 11) is 0. The number of fused-ring (bicyclic) bond motifs is 2. The molecule has 1 aromatic rings. The Bertz CT molecular complexity index is 564. The van der Waals surface area contributed by atoms with Crippen molar-refractivity contribution in [1.29, 1.82) is 0 Å². The van der Waals surface area contributed by atoms with Crippen LogP contribution in [0.25, 0.3) is 0 Å². The average molecular weight is 309 g/mol. The van der Waals surface area contributed by atoms with Crippen LogP contribution in [0.5, 0.6) is 0 Å². The average Bonchev–Trinajstić information content (AvgIpc) is 2.69. The molecule has 0 aliphatic carbocycles. The number of aromatic nitrogens is 1. The number of amides is 1. The van der Waals surface area contributed by atoms with Gasteiger partial charge in [0.1, 0.15) is 10.8 Å². The van der Waals surface area contributed by atoms with Gasteiger partial charge in [0, 0.05) is 18.5 Å². The molecule has 5 nitrogen and oxygen atoms in total. The van der Waals surface area contributed by atoms with Gasteiger partial charge in [-0.3, -0.25) is 9.59 Å². The van der Waals surface area contributed by atoms with Gasteiger partial charge < -0.3 is 10.0 Å². The Balaban J connectivity index is 1.76. The van der Waals surface area contributed by atoms with Gasteiger partial charge in [-0.1, -0.05) is 17.7 Å². The zero-order valence-corrected chi connectivity index (χ0v) is 12.3. The molecule has 2 unspecified atom stereocenters. The quantitative estimate of drug-likeness (QED) is 0.871. The minimum atomic E-state index is -0.754. The molecule has 1 N–H and O–H groups in total. The first-order chi connectivity index (χ1) is 10.0. The van der Waals surface area contributed by atoms with Gasteiger partial charge in [0.05, 0.1) is 0 Å². The number of nitrogens with zero attached hydrogens (tertiary/aromatic N) is 2. The fourth-order valence-electron chi connectivity index (χ4n) is 3.69. The molecule has 2 aliphatic heterocycles. The largest absolute Gasteiger partial charge is 0.481 e. The molecular formula is C15H17ClN2O3. The number of hydrogen-bond donors (Lipinski definition) is 1. The summed E-state index contributed by atoms with van der Waals surface area (Å²) in [6.07, 6.45) is 3.65. The first-order valence-corrected chi connectivity index (χ1v) is 7.59. The summed E-state index contributed by atoms with van der Waals surface area (Å²) in [6, 6.07) is 5.33. The van der Waals surface area contributed by atoms with Crippen molar-refractivity contribution >= 4 is 23.5 Å². The van der Waals surface area contributed by atoms with Crippen LogP contribution in [0, 0.1) is 5.92 Å². The molecule has 2 bridgehead atoms. The summed E-state index contributed by atoms with van der Waals surface area (Å²) >= 11 is 5.85. The summed E-state index contributed by atoms with van der Waals surface area (Å²) < 4.78 is 0. The molecule has 21 heavy (non-hydrogen) atoms. The fourth-order valence-corrected chi connectivity index (χ4v) is 3.86. The molecule has 112 valence electrons. The zero-order chi connectivity index (χ0) is 15.0. The highest BCUT2D eigenvalue weighted by Crippen LogP contribution is 2.40. The van der Waals surface area contributed by atoms with Crippen LogP contribution in [0.1, 0.15) is 42.6 Å². The second kappa shape index (κ2) is 5.64. The van der Waals surface area contributed by atoms with Crippen molar-refractivity contribution in [2.24, 2.45) is 5.92 Å². The third-order valence-corrected chi connectivity index (χ3v) is 4.67. The molecule has 2 atom stereocenters. The van der Waals surface area contributed by atoms with E-state index in [0.717, 1.165) is 25.7 Å². The molecule has 0 radical (unpaired) electrons. The number of piperidine rings is 1. The predicted molar refractivity (Wildman–Crippen MR) is 77.2 cm³/mol. The highest BCUT2D eigenvalue weighted by molar-refractivity contribution is 6.29. The van der Waals surface area contributed by atoms with E-state index in [-0.39, 0.29) is 30.3 Å². The minimum Gasteiger partial charge on any atom is -0.481 e. The monoisotopic (exact) mass is 308 g/mol. The summed E-state index contributed by atoms with van der Waals surface area (Å²) in [5.41, 5.74) is 0.371. The molecule has 1 aromatic heterocycles. The van der Waals surface area contributed by atoms with Gasteiger partial charge in [-0.15, -0.1) is 0 Å². The second-order valence-electron chi connectivity index (χ2n) is 5.88. The van der Waals surface area contributed by atoms with Crippen LogP contribution in [0.2, 0.25) is 5.15 Å². The van der Waals surface area contributed by atoms with Crippen molar-refractivity contribution in [3.05, 3.63) is 29.0 Å². The number of carboxylic acids is 1. The van der Waals surface area contributed by atoms with Crippen LogP contribution in [0.4, 0.5) is 0 Å². The highest BCUT2D eigenvalue weighted by Gasteiger charge is 2.44. The van der Waals surface area contributed by atoms with Gasteiger partial charge in [0.15, 0.2) is 0 Å². The van der Waals surface area contributed by atoms with E-state index in [2.05, 4.69) is 4.98 Å². The predicted octanol–water partition coefficient (Wildman–Crippen LogP) is 2.59. The van der Waals surface area contributed by atoms with E-state index in [0.29, 0.717) is 10.8 Å². The topological polar surface area (TPSA) is 70.5 Å². The normalized spacial score (nSPS) is 27.7. The van der Waals surface area contributed by atoms with Crippen LogP contribution in [0.15, 0.2) is 18.2 Å². The van der Waals surface area contributed by atoms with E-state index in [1.165, 1.54) is 0 Å². The fraction of sp³-hybridized carbons (Fsp3) is 0.533. The molecule has 0 aromatic carbocycles. The van der Waals surface area contributed by atoms with Crippen molar-refractivity contribution in [3.63, 3.8) is 0 Å². The molecule has 2 aliphatic rings. The lowest BCUT2D eigenvalue weighted by atomic mass is 9.88. The summed E-state index contributed by atoms with van der Waals surface area (Å²) in [5, 5.41) is 9.25. The van der Waals surface area contributed by atoms with Crippen molar-refractivity contribution in [2.75, 3.05) is 0 Å². The smallest absolute Gasteiger partial charge is 0.303 e. The SMILES string of the molecule is O=C(O)CC1CC2CCC(C1)N2C(=O)c1cccc(Cl)n1. The third kappa shape index (κ3) is 2.88. The Kier molecular flexibility index (Phi) is 3.85. The van der Waals surface area contributed by atoms with E-state index in [1.807, 2.05) is 4.90 Å². The highest BCUT2D eigenvalue weighted by atomic mass is 35.5. The van der Waals surface area contributed by atoms with E-state index in [4.69, 9.17) is 16.7 Å². The molecule has 3 rings (SSSR count). The first-order valence-electron chi connectivity index (χ1n) is 7.21. The lowest BCUT2D eigenvalue weighted by Crippen LogP contribution is -2.47. The summed E-state index contributed by atoms with van der Waals surface area (Å²) in [6.45, 7) is 0. The van der Waals surface area contributed by atoms with E-state index < -0.39 is 5.97 Å². The van der Waals surface area contributed by atoms with Gasteiger partial charge in [-0.2, -0.15) is 0 Å². The number of aliphatic carboxylic acids is 1. The van der Waals surface area contributed by atoms with E-state index in [1.54, 1.807) is 18.2 Å². The Labute approximate surface area is 127 Å². The van der Waals surface area contributed by atoms with Crippen molar-refractivity contribution in [1.82, 2.24) is 9.88 Å². The van der Waals surface area contributed by atoms with Crippen LogP contribution in [-0.4, -0.2) is 39.0 Å². The standard InChI is InChI=1S/C15H17ClN2O3/c16-13-3-1-2-12(17-13)15(21)18-10-4-5-11(18)7-9(6-10)8-14(19)20/h1-3,9-11H,4-8H2,(H,19,20). The second-order valence-corrected chi connectivity index (χ2v) is 6.27. The van der Waals surface area contributed by atoms with Crippen LogP contribution >= 0.6 is 11.6 Å². The maximum atomic E-state index is 12.6. The lowest BCUT2D eigenvalue weighted by molar-refractivity contribution is -0.138. The number of carbonyl (C=O) groups is 2. The Morgan fingerprint density at radius 2 is 1.95 bits per heavy atom. The van der Waals surface area contributed by atoms with E-state index >= 15 is 0 Å². The maximum absolute atomic E-state index is 12.6. The zero-order valence-electron chi connectivity index (χ0n) is 11.5. The molecule has 3 heterocycles. The molecule has 2 saturated heterocycles. The molecule has 0 spiro atoms. The number of rotatable bonds is 3. The minimum absolute atomic E-state index is 0.0845. The molecule has 0 saturated carbocycles. The molecule has 6 heteroatoms. The third-order valence-electron chi connectivity index (χ3n) is 4.46. The number of carbonyl (C=O) groups excluding carboxylic acids is 1. The summed E-state index contributed by atoms with van der Waals surface area (Å²) in [5.74, 6) is -0.661. The van der Waals surface area contributed by atoms with E-state index in [9.17, 15) is 9.59 Å². The molecule has 2 fully saturated rings. The number of carboxylic acid groups (broad SMARTS) is 1. The van der Waals surface area contributed by atoms with Crippen molar-refractivity contribution < 1.29 is 14.7 Å². The Morgan fingerprint density at radius 3 is 2.52 bits per heavy atom. The first kappa shape index (κ1) is 14.3. The van der Waals surface area contributed by atoms with Gasteiger partial charge in [0.2, 0.25) is 0 Å². The van der Waals surface area contributed by atoms with Crippen molar-refractivity contribution in [3.8, 4) is 0 Å². The maximum Gasteiger partial charge on any atom is 0.303 e.